The topological polar surface area (TPSA) is 54.9 Å². The van der Waals surface area contributed by atoms with Crippen LogP contribution in [0.25, 0.3) is 0 Å². The molecule has 1 aromatic rings. The molecule has 140 valence electrons. The summed E-state index contributed by atoms with van der Waals surface area (Å²) in [4.78, 5) is 4.77. The molecule has 0 aromatic heterocycles. The van der Waals surface area contributed by atoms with Crippen LogP contribution in [0, 0.1) is 5.82 Å². The summed E-state index contributed by atoms with van der Waals surface area (Å²) in [5.41, 5.74) is 0.826. The van der Waals surface area contributed by atoms with Crippen molar-refractivity contribution in [2.45, 2.75) is 32.1 Å². The van der Waals surface area contributed by atoms with Crippen molar-refractivity contribution in [3.8, 4) is 0 Å². The summed E-state index contributed by atoms with van der Waals surface area (Å²) in [6.45, 7) is 8.82. The van der Waals surface area contributed by atoms with E-state index in [1.165, 1.54) is 6.07 Å². The van der Waals surface area contributed by atoms with Crippen molar-refractivity contribution in [1.29, 1.82) is 0 Å². The first kappa shape index (κ1) is 19.7. The van der Waals surface area contributed by atoms with Crippen LogP contribution < -0.4 is 10.6 Å². The fourth-order valence-electron chi connectivity index (χ4n) is 3.08. The van der Waals surface area contributed by atoms with Gasteiger partial charge in [-0.15, -0.1) is 0 Å². The van der Waals surface area contributed by atoms with Gasteiger partial charge in [-0.05, 0) is 44.4 Å². The highest BCUT2D eigenvalue weighted by molar-refractivity contribution is 5.79. The SMILES string of the molecule is CCNC(=NCC1(c2cccc(F)c2)CCOCC1)NCCOCC. The van der Waals surface area contributed by atoms with E-state index in [0.29, 0.717) is 39.5 Å². The molecular weight excluding hydrogens is 321 g/mol. The van der Waals surface area contributed by atoms with Crippen molar-refractivity contribution in [2.24, 2.45) is 4.99 Å². The first-order valence-corrected chi connectivity index (χ1v) is 9.14. The summed E-state index contributed by atoms with van der Waals surface area (Å²) in [5, 5.41) is 6.54. The maximum atomic E-state index is 13.7. The molecule has 1 aromatic carbocycles. The van der Waals surface area contributed by atoms with Crippen LogP contribution in [0.4, 0.5) is 4.39 Å². The molecule has 0 amide bonds. The summed E-state index contributed by atoms with van der Waals surface area (Å²) in [5.74, 6) is 0.568. The highest BCUT2D eigenvalue weighted by Crippen LogP contribution is 2.35. The van der Waals surface area contributed by atoms with Gasteiger partial charge in [-0.1, -0.05) is 12.1 Å². The molecule has 0 bridgehead atoms. The third-order valence-electron chi connectivity index (χ3n) is 4.51. The minimum absolute atomic E-state index is 0.178. The van der Waals surface area contributed by atoms with Crippen molar-refractivity contribution in [1.82, 2.24) is 10.6 Å². The molecule has 25 heavy (non-hydrogen) atoms. The molecular formula is C19H30FN3O2. The molecule has 0 unspecified atom stereocenters. The molecule has 0 radical (unpaired) electrons. The van der Waals surface area contributed by atoms with Crippen LogP contribution in [0.3, 0.4) is 0 Å². The number of halogens is 1. The monoisotopic (exact) mass is 351 g/mol. The van der Waals surface area contributed by atoms with Crippen molar-refractivity contribution in [3.63, 3.8) is 0 Å². The van der Waals surface area contributed by atoms with Crippen molar-refractivity contribution in [3.05, 3.63) is 35.6 Å². The lowest BCUT2D eigenvalue weighted by Gasteiger charge is -2.36. The Kier molecular flexibility index (Phi) is 8.15. The highest BCUT2D eigenvalue weighted by Gasteiger charge is 2.34. The lowest BCUT2D eigenvalue weighted by atomic mass is 9.74. The maximum Gasteiger partial charge on any atom is 0.191 e. The van der Waals surface area contributed by atoms with Gasteiger partial charge < -0.3 is 20.1 Å². The second kappa shape index (κ2) is 10.4. The largest absolute Gasteiger partial charge is 0.381 e. The van der Waals surface area contributed by atoms with Gasteiger partial charge in [-0.2, -0.15) is 0 Å². The van der Waals surface area contributed by atoms with E-state index in [9.17, 15) is 4.39 Å². The van der Waals surface area contributed by atoms with E-state index < -0.39 is 0 Å². The van der Waals surface area contributed by atoms with E-state index in [2.05, 4.69) is 10.6 Å². The number of nitrogens with zero attached hydrogens (tertiary/aromatic N) is 1. The third kappa shape index (κ3) is 5.97. The molecule has 1 aliphatic heterocycles. The molecule has 0 spiro atoms. The van der Waals surface area contributed by atoms with Crippen LogP contribution in [0.2, 0.25) is 0 Å². The second-order valence-corrected chi connectivity index (χ2v) is 6.22. The Labute approximate surface area is 150 Å². The Morgan fingerprint density at radius 2 is 2.08 bits per heavy atom. The van der Waals surface area contributed by atoms with Gasteiger partial charge in [0.05, 0.1) is 13.2 Å². The number of aliphatic imine (C=N–C) groups is 1. The zero-order chi connectivity index (χ0) is 18.0. The molecule has 1 fully saturated rings. The Hall–Kier alpha value is -1.66. The maximum absolute atomic E-state index is 13.7. The van der Waals surface area contributed by atoms with Crippen LogP contribution in [0.5, 0.6) is 0 Å². The normalized spacial score (nSPS) is 17.3. The molecule has 2 rings (SSSR count). The Morgan fingerprint density at radius 3 is 2.76 bits per heavy atom. The molecule has 5 nitrogen and oxygen atoms in total. The van der Waals surface area contributed by atoms with Gasteiger partial charge in [-0.3, -0.25) is 4.99 Å². The van der Waals surface area contributed by atoms with E-state index in [-0.39, 0.29) is 11.2 Å². The molecule has 6 heteroatoms. The molecule has 1 saturated heterocycles. The van der Waals surface area contributed by atoms with Crippen molar-refractivity contribution >= 4 is 5.96 Å². The number of guanidine groups is 1. The average molecular weight is 351 g/mol. The first-order valence-electron chi connectivity index (χ1n) is 9.14. The minimum Gasteiger partial charge on any atom is -0.381 e. The predicted octanol–water partition coefficient (Wildman–Crippen LogP) is 2.47. The fraction of sp³-hybridized carbons (Fsp3) is 0.632. The van der Waals surface area contributed by atoms with Crippen LogP contribution in [-0.4, -0.2) is 52.0 Å². The number of rotatable bonds is 8. The number of nitrogens with one attached hydrogen (secondary N) is 2. The van der Waals surface area contributed by atoms with Crippen LogP contribution in [-0.2, 0) is 14.9 Å². The van der Waals surface area contributed by atoms with Gasteiger partial charge in [0.1, 0.15) is 5.82 Å². The summed E-state index contributed by atoms with van der Waals surface area (Å²) < 4.78 is 24.6. The summed E-state index contributed by atoms with van der Waals surface area (Å²) in [6.07, 6.45) is 1.69. The lowest BCUT2D eigenvalue weighted by Crippen LogP contribution is -2.42. The fourth-order valence-corrected chi connectivity index (χ4v) is 3.08. The van der Waals surface area contributed by atoms with Gasteiger partial charge in [0.2, 0.25) is 0 Å². The standard InChI is InChI=1S/C19H30FN3O2/c1-3-21-18(22-10-13-24-4-2)23-15-19(8-11-25-12-9-19)16-6-5-7-17(20)14-16/h5-7,14H,3-4,8-13,15H2,1-2H3,(H2,21,22,23). The van der Waals surface area contributed by atoms with E-state index in [0.717, 1.165) is 30.9 Å². The van der Waals surface area contributed by atoms with E-state index in [1.807, 2.05) is 19.9 Å². The van der Waals surface area contributed by atoms with Crippen LogP contribution in [0.15, 0.2) is 29.3 Å². The molecule has 0 saturated carbocycles. The summed E-state index contributed by atoms with van der Waals surface area (Å²) in [6, 6.07) is 6.89. The van der Waals surface area contributed by atoms with Crippen molar-refractivity contribution in [2.75, 3.05) is 46.1 Å². The number of hydrogen-bond donors (Lipinski definition) is 2. The third-order valence-corrected chi connectivity index (χ3v) is 4.51. The molecule has 1 aliphatic rings. The van der Waals surface area contributed by atoms with Crippen LogP contribution in [0.1, 0.15) is 32.3 Å². The Bertz CT molecular complexity index is 545. The van der Waals surface area contributed by atoms with E-state index in [4.69, 9.17) is 14.5 Å². The second-order valence-electron chi connectivity index (χ2n) is 6.22. The van der Waals surface area contributed by atoms with Gasteiger partial charge in [0.15, 0.2) is 5.96 Å². The van der Waals surface area contributed by atoms with Gasteiger partial charge in [-0.25, -0.2) is 4.39 Å². The van der Waals surface area contributed by atoms with Crippen LogP contribution >= 0.6 is 0 Å². The molecule has 0 aliphatic carbocycles. The molecule has 1 heterocycles. The van der Waals surface area contributed by atoms with E-state index in [1.54, 1.807) is 12.1 Å². The average Bonchev–Trinajstić information content (AvgIpc) is 2.64. The first-order chi connectivity index (χ1) is 12.2. The van der Waals surface area contributed by atoms with Gasteiger partial charge in [0, 0.05) is 38.3 Å². The summed E-state index contributed by atoms with van der Waals surface area (Å²) in [7, 11) is 0. The Balaban J connectivity index is 2.11. The quantitative estimate of drug-likeness (QED) is 0.429. The zero-order valence-electron chi connectivity index (χ0n) is 15.3. The molecule has 0 atom stereocenters. The van der Waals surface area contributed by atoms with E-state index >= 15 is 0 Å². The summed E-state index contributed by atoms with van der Waals surface area (Å²) >= 11 is 0. The number of benzene rings is 1. The Morgan fingerprint density at radius 1 is 1.28 bits per heavy atom. The van der Waals surface area contributed by atoms with Crippen molar-refractivity contribution < 1.29 is 13.9 Å². The smallest absolute Gasteiger partial charge is 0.191 e. The molecule has 2 N–H and O–H groups in total. The number of ether oxygens (including phenoxy) is 2. The predicted molar refractivity (Wildman–Crippen MR) is 98.6 cm³/mol. The van der Waals surface area contributed by atoms with Gasteiger partial charge >= 0.3 is 0 Å². The number of hydrogen-bond acceptors (Lipinski definition) is 3. The minimum atomic E-state index is -0.200. The zero-order valence-corrected chi connectivity index (χ0v) is 15.3. The lowest BCUT2D eigenvalue weighted by molar-refractivity contribution is 0.0530. The van der Waals surface area contributed by atoms with Gasteiger partial charge in [0.25, 0.3) is 0 Å². The highest BCUT2D eigenvalue weighted by atomic mass is 19.1.